The normalized spacial score (nSPS) is 27.8. The van der Waals surface area contributed by atoms with Gasteiger partial charge >= 0.3 is 0 Å². The molecule has 1 saturated carbocycles. The zero-order valence-electron chi connectivity index (χ0n) is 14.5. The van der Waals surface area contributed by atoms with Gasteiger partial charge in [-0.25, -0.2) is 0 Å². The highest BCUT2D eigenvalue weighted by atomic mass is 16.5. The van der Waals surface area contributed by atoms with Crippen LogP contribution in [-0.4, -0.2) is 25.3 Å². The van der Waals surface area contributed by atoms with Gasteiger partial charge in [0.2, 0.25) is 0 Å². The summed E-state index contributed by atoms with van der Waals surface area (Å²) in [6.07, 6.45) is 10.7. The molecular weight excluding hydrogens is 246 g/mol. The molecule has 1 fully saturated rings. The van der Waals surface area contributed by atoms with E-state index in [9.17, 15) is 0 Å². The van der Waals surface area contributed by atoms with Crippen molar-refractivity contribution in [3.63, 3.8) is 0 Å². The SMILES string of the molecule is CCCNC1CCC(CCC)CC1CCC(C)(C)OC. The largest absolute Gasteiger partial charge is 0.379 e. The Kier molecular flexibility index (Phi) is 8.13. The molecule has 0 radical (unpaired) electrons. The van der Waals surface area contributed by atoms with Gasteiger partial charge in [0.25, 0.3) is 0 Å². The van der Waals surface area contributed by atoms with E-state index in [0.29, 0.717) is 0 Å². The molecule has 0 aromatic heterocycles. The number of nitrogens with one attached hydrogen (secondary N) is 1. The molecule has 2 heteroatoms. The third kappa shape index (κ3) is 6.13. The van der Waals surface area contributed by atoms with E-state index >= 15 is 0 Å². The summed E-state index contributed by atoms with van der Waals surface area (Å²) in [4.78, 5) is 0. The molecule has 2 nitrogen and oxygen atoms in total. The molecule has 3 atom stereocenters. The standard InChI is InChI=1S/C18H37NO/c1-6-8-15-9-10-17(19-13-7-2)16(14-15)11-12-18(3,4)20-5/h15-17,19H,6-14H2,1-5H3. The van der Waals surface area contributed by atoms with Crippen molar-refractivity contribution in [2.75, 3.05) is 13.7 Å². The molecule has 20 heavy (non-hydrogen) atoms. The zero-order valence-corrected chi connectivity index (χ0v) is 14.5. The lowest BCUT2D eigenvalue weighted by molar-refractivity contribution is 0.00611. The summed E-state index contributed by atoms with van der Waals surface area (Å²) in [7, 11) is 1.84. The maximum Gasteiger partial charge on any atom is 0.0622 e. The Morgan fingerprint density at radius 2 is 1.85 bits per heavy atom. The lowest BCUT2D eigenvalue weighted by Gasteiger charge is -2.38. The van der Waals surface area contributed by atoms with E-state index in [0.717, 1.165) is 17.9 Å². The van der Waals surface area contributed by atoms with Gasteiger partial charge in [0.05, 0.1) is 5.60 Å². The summed E-state index contributed by atoms with van der Waals surface area (Å²) >= 11 is 0. The van der Waals surface area contributed by atoms with Crippen molar-refractivity contribution in [2.24, 2.45) is 11.8 Å². The maximum absolute atomic E-state index is 5.60. The fraction of sp³-hybridized carbons (Fsp3) is 1.00. The van der Waals surface area contributed by atoms with Crippen molar-refractivity contribution in [1.82, 2.24) is 5.32 Å². The maximum atomic E-state index is 5.60. The lowest BCUT2D eigenvalue weighted by Crippen LogP contribution is -2.41. The van der Waals surface area contributed by atoms with E-state index in [-0.39, 0.29) is 5.60 Å². The first-order chi connectivity index (χ1) is 9.52. The van der Waals surface area contributed by atoms with Crippen LogP contribution in [0.15, 0.2) is 0 Å². The van der Waals surface area contributed by atoms with Crippen LogP contribution in [0.2, 0.25) is 0 Å². The van der Waals surface area contributed by atoms with E-state index in [1.165, 1.54) is 57.9 Å². The molecule has 0 aliphatic heterocycles. The van der Waals surface area contributed by atoms with Crippen LogP contribution in [0.4, 0.5) is 0 Å². The molecule has 1 aliphatic rings. The smallest absolute Gasteiger partial charge is 0.0622 e. The van der Waals surface area contributed by atoms with Crippen LogP contribution in [0.3, 0.4) is 0 Å². The van der Waals surface area contributed by atoms with Gasteiger partial charge in [-0.3, -0.25) is 0 Å². The van der Waals surface area contributed by atoms with Crippen molar-refractivity contribution in [2.45, 2.75) is 90.7 Å². The van der Waals surface area contributed by atoms with Crippen LogP contribution in [0.5, 0.6) is 0 Å². The van der Waals surface area contributed by atoms with Crippen molar-refractivity contribution < 1.29 is 4.74 Å². The second kappa shape index (κ2) is 9.04. The molecule has 0 saturated heterocycles. The molecular formula is C18H37NO. The fourth-order valence-electron chi connectivity index (χ4n) is 3.58. The van der Waals surface area contributed by atoms with Gasteiger partial charge in [0, 0.05) is 13.2 Å². The van der Waals surface area contributed by atoms with Gasteiger partial charge in [0.1, 0.15) is 0 Å². The third-order valence-corrected chi connectivity index (χ3v) is 5.11. The van der Waals surface area contributed by atoms with Gasteiger partial charge in [-0.15, -0.1) is 0 Å². The molecule has 0 spiro atoms. The minimum Gasteiger partial charge on any atom is -0.379 e. The molecule has 3 unspecified atom stereocenters. The minimum atomic E-state index is 0.0347. The number of ether oxygens (including phenoxy) is 1. The highest BCUT2D eigenvalue weighted by Gasteiger charge is 2.31. The third-order valence-electron chi connectivity index (χ3n) is 5.11. The Balaban J connectivity index is 2.52. The van der Waals surface area contributed by atoms with Gasteiger partial charge in [-0.1, -0.05) is 26.7 Å². The van der Waals surface area contributed by atoms with E-state index in [2.05, 4.69) is 33.0 Å². The van der Waals surface area contributed by atoms with Crippen LogP contribution in [0.1, 0.15) is 79.1 Å². The van der Waals surface area contributed by atoms with Crippen LogP contribution in [0, 0.1) is 11.8 Å². The number of methoxy groups -OCH3 is 1. The first kappa shape index (κ1) is 18.0. The molecule has 120 valence electrons. The monoisotopic (exact) mass is 283 g/mol. The Hall–Kier alpha value is -0.0800. The number of hydrogen-bond donors (Lipinski definition) is 1. The summed E-state index contributed by atoms with van der Waals surface area (Å²) in [6, 6.07) is 0.746. The topological polar surface area (TPSA) is 21.3 Å². The van der Waals surface area contributed by atoms with Gasteiger partial charge in [-0.2, -0.15) is 0 Å². The average molecular weight is 283 g/mol. The summed E-state index contributed by atoms with van der Waals surface area (Å²) in [5.41, 5.74) is 0.0347. The summed E-state index contributed by atoms with van der Waals surface area (Å²) in [5.74, 6) is 1.82. The second-order valence-electron chi connectivity index (χ2n) is 7.29. The molecule has 0 bridgehead atoms. The molecule has 1 N–H and O–H groups in total. The molecule has 0 aromatic carbocycles. The molecule has 0 amide bonds. The van der Waals surface area contributed by atoms with E-state index in [1.807, 2.05) is 7.11 Å². The Morgan fingerprint density at radius 3 is 2.45 bits per heavy atom. The van der Waals surface area contributed by atoms with Gasteiger partial charge in [0.15, 0.2) is 0 Å². The summed E-state index contributed by atoms with van der Waals surface area (Å²) in [6.45, 7) is 10.2. The summed E-state index contributed by atoms with van der Waals surface area (Å²) in [5, 5.41) is 3.80. The van der Waals surface area contributed by atoms with Crippen LogP contribution in [-0.2, 0) is 4.74 Å². The molecule has 0 heterocycles. The van der Waals surface area contributed by atoms with Crippen molar-refractivity contribution >= 4 is 0 Å². The van der Waals surface area contributed by atoms with Crippen LogP contribution in [0.25, 0.3) is 0 Å². The first-order valence-electron chi connectivity index (χ1n) is 8.81. The number of rotatable bonds is 9. The molecule has 1 rings (SSSR count). The molecule has 0 aromatic rings. The average Bonchev–Trinajstić information content (AvgIpc) is 2.44. The minimum absolute atomic E-state index is 0.0347. The fourth-order valence-corrected chi connectivity index (χ4v) is 3.58. The predicted molar refractivity (Wildman–Crippen MR) is 88.1 cm³/mol. The van der Waals surface area contributed by atoms with E-state index in [4.69, 9.17) is 4.74 Å². The Bertz CT molecular complexity index is 252. The highest BCUT2D eigenvalue weighted by molar-refractivity contribution is 4.86. The van der Waals surface area contributed by atoms with Crippen LogP contribution >= 0.6 is 0 Å². The second-order valence-corrected chi connectivity index (χ2v) is 7.29. The predicted octanol–water partition coefficient (Wildman–Crippen LogP) is 4.78. The van der Waals surface area contributed by atoms with Gasteiger partial charge < -0.3 is 10.1 Å². The highest BCUT2D eigenvalue weighted by Crippen LogP contribution is 2.36. The first-order valence-corrected chi connectivity index (χ1v) is 8.81. The van der Waals surface area contributed by atoms with Crippen molar-refractivity contribution in [1.29, 1.82) is 0 Å². The van der Waals surface area contributed by atoms with Crippen molar-refractivity contribution in [3.8, 4) is 0 Å². The number of hydrogen-bond acceptors (Lipinski definition) is 2. The van der Waals surface area contributed by atoms with Gasteiger partial charge in [-0.05, 0) is 70.8 Å². The van der Waals surface area contributed by atoms with Crippen molar-refractivity contribution in [3.05, 3.63) is 0 Å². The Morgan fingerprint density at radius 1 is 1.10 bits per heavy atom. The Labute approximate surface area is 127 Å². The quantitative estimate of drug-likeness (QED) is 0.658. The summed E-state index contributed by atoms with van der Waals surface area (Å²) < 4.78 is 5.60. The molecule has 1 aliphatic carbocycles. The lowest BCUT2D eigenvalue weighted by atomic mass is 9.73. The van der Waals surface area contributed by atoms with E-state index in [1.54, 1.807) is 0 Å². The van der Waals surface area contributed by atoms with E-state index < -0.39 is 0 Å². The van der Waals surface area contributed by atoms with Crippen LogP contribution < -0.4 is 5.32 Å². The zero-order chi connectivity index (χ0) is 15.0.